The molecular weight excluding hydrogens is 238 g/mol. The third-order valence-electron chi connectivity index (χ3n) is 4.11. The van der Waals surface area contributed by atoms with Gasteiger partial charge in [-0.15, -0.1) is 0 Å². The van der Waals surface area contributed by atoms with E-state index in [0.717, 1.165) is 11.6 Å². The van der Waals surface area contributed by atoms with Crippen molar-refractivity contribution in [2.45, 2.75) is 39.2 Å². The van der Waals surface area contributed by atoms with E-state index in [2.05, 4.69) is 19.2 Å². The number of hydrogen-bond acceptors (Lipinski definition) is 3. The first-order chi connectivity index (χ1) is 8.97. The van der Waals surface area contributed by atoms with Crippen LogP contribution in [-0.4, -0.2) is 11.9 Å². The molecule has 1 amide bonds. The quantitative estimate of drug-likeness (QED) is 0.731. The highest BCUT2D eigenvalue weighted by Gasteiger charge is 2.25. The molecule has 0 saturated heterocycles. The van der Waals surface area contributed by atoms with Crippen LogP contribution in [0.2, 0.25) is 0 Å². The van der Waals surface area contributed by atoms with Gasteiger partial charge in [0.1, 0.15) is 0 Å². The second-order valence-electron chi connectivity index (χ2n) is 5.81. The van der Waals surface area contributed by atoms with Crippen molar-refractivity contribution in [1.29, 1.82) is 0 Å². The Balaban J connectivity index is 2.09. The second kappa shape index (κ2) is 5.51. The Morgan fingerprint density at radius 3 is 2.63 bits per heavy atom. The fraction of sp³-hybridized carbons (Fsp3) is 0.533. The van der Waals surface area contributed by atoms with E-state index in [-0.39, 0.29) is 0 Å². The van der Waals surface area contributed by atoms with Gasteiger partial charge in [0.05, 0.1) is 11.4 Å². The summed E-state index contributed by atoms with van der Waals surface area (Å²) in [6.45, 7) is 4.59. The zero-order chi connectivity index (χ0) is 14.0. The molecule has 1 aliphatic carbocycles. The Kier molecular flexibility index (Phi) is 3.98. The number of rotatable bonds is 3. The molecule has 4 nitrogen and oxygen atoms in total. The standard InChI is InChI=1S/C15H23N3O/c1-9-3-5-13(10(2)7-9)18-14-6-4-11(15(17)19)8-12(14)16/h4,6,8-10,13,18H,3,5,7,16H2,1-2H3,(H2,17,19). The van der Waals surface area contributed by atoms with Crippen LogP contribution in [0.5, 0.6) is 0 Å². The van der Waals surface area contributed by atoms with Gasteiger partial charge in [-0.3, -0.25) is 4.79 Å². The van der Waals surface area contributed by atoms with Crippen molar-refractivity contribution < 1.29 is 4.79 Å². The Morgan fingerprint density at radius 1 is 1.32 bits per heavy atom. The van der Waals surface area contributed by atoms with Gasteiger partial charge in [-0.25, -0.2) is 0 Å². The third kappa shape index (κ3) is 3.19. The molecule has 0 radical (unpaired) electrons. The summed E-state index contributed by atoms with van der Waals surface area (Å²) in [5.41, 5.74) is 13.2. The molecule has 5 N–H and O–H groups in total. The molecule has 0 aliphatic heterocycles. The van der Waals surface area contributed by atoms with Crippen LogP contribution in [0.3, 0.4) is 0 Å². The SMILES string of the molecule is CC1CCC(Nc2ccc(C(N)=O)cc2N)C(C)C1. The fourth-order valence-corrected chi connectivity index (χ4v) is 2.93. The lowest BCUT2D eigenvalue weighted by Gasteiger charge is -2.34. The summed E-state index contributed by atoms with van der Waals surface area (Å²) in [5.74, 6) is 1.000. The summed E-state index contributed by atoms with van der Waals surface area (Å²) in [5, 5.41) is 3.51. The average molecular weight is 261 g/mol. The number of hydrogen-bond donors (Lipinski definition) is 3. The predicted octanol–water partition coefficient (Wildman–Crippen LogP) is 2.60. The monoisotopic (exact) mass is 261 g/mol. The molecule has 3 atom stereocenters. The molecule has 3 unspecified atom stereocenters. The Labute approximate surface area is 114 Å². The molecule has 19 heavy (non-hydrogen) atoms. The Hall–Kier alpha value is -1.71. The van der Waals surface area contributed by atoms with Crippen LogP contribution in [0, 0.1) is 11.8 Å². The number of benzene rings is 1. The van der Waals surface area contributed by atoms with Crippen LogP contribution in [0.4, 0.5) is 11.4 Å². The van der Waals surface area contributed by atoms with Crippen molar-refractivity contribution in [3.8, 4) is 0 Å². The minimum atomic E-state index is -0.446. The molecule has 1 aromatic rings. The normalized spacial score (nSPS) is 26.9. The number of nitrogen functional groups attached to an aromatic ring is 1. The third-order valence-corrected chi connectivity index (χ3v) is 4.11. The molecule has 1 fully saturated rings. The van der Waals surface area contributed by atoms with Crippen LogP contribution in [0.15, 0.2) is 18.2 Å². The van der Waals surface area contributed by atoms with Gasteiger partial charge in [-0.1, -0.05) is 13.8 Å². The Morgan fingerprint density at radius 2 is 2.05 bits per heavy atom. The van der Waals surface area contributed by atoms with E-state index >= 15 is 0 Å². The molecule has 0 heterocycles. The molecule has 2 rings (SSSR count). The van der Waals surface area contributed by atoms with Gasteiger partial charge in [0, 0.05) is 11.6 Å². The summed E-state index contributed by atoms with van der Waals surface area (Å²) in [7, 11) is 0. The second-order valence-corrected chi connectivity index (χ2v) is 5.81. The number of nitrogens with one attached hydrogen (secondary N) is 1. The lowest BCUT2D eigenvalue weighted by atomic mass is 9.80. The van der Waals surface area contributed by atoms with Crippen molar-refractivity contribution in [3.05, 3.63) is 23.8 Å². The van der Waals surface area contributed by atoms with Crippen LogP contribution in [-0.2, 0) is 0 Å². The van der Waals surface area contributed by atoms with E-state index in [1.165, 1.54) is 19.3 Å². The number of carbonyl (C=O) groups excluding carboxylic acids is 1. The van der Waals surface area contributed by atoms with Crippen molar-refractivity contribution in [1.82, 2.24) is 0 Å². The first-order valence-electron chi connectivity index (χ1n) is 6.93. The van der Waals surface area contributed by atoms with Crippen molar-refractivity contribution >= 4 is 17.3 Å². The van der Waals surface area contributed by atoms with Gasteiger partial charge >= 0.3 is 0 Å². The topological polar surface area (TPSA) is 81.1 Å². The zero-order valence-corrected chi connectivity index (χ0v) is 11.6. The van der Waals surface area contributed by atoms with E-state index in [0.29, 0.717) is 23.2 Å². The maximum Gasteiger partial charge on any atom is 0.248 e. The van der Waals surface area contributed by atoms with Gasteiger partial charge in [0.2, 0.25) is 5.91 Å². The van der Waals surface area contributed by atoms with E-state index < -0.39 is 5.91 Å². The van der Waals surface area contributed by atoms with Crippen LogP contribution in [0.1, 0.15) is 43.5 Å². The summed E-state index contributed by atoms with van der Waals surface area (Å²) in [6.07, 6.45) is 3.66. The van der Waals surface area contributed by atoms with Gasteiger partial charge < -0.3 is 16.8 Å². The maximum absolute atomic E-state index is 11.1. The number of anilines is 2. The lowest BCUT2D eigenvalue weighted by molar-refractivity contribution is 0.100. The molecule has 1 aromatic carbocycles. The summed E-state index contributed by atoms with van der Waals surface area (Å²) >= 11 is 0. The highest BCUT2D eigenvalue weighted by Crippen LogP contribution is 2.32. The van der Waals surface area contributed by atoms with E-state index in [1.807, 2.05) is 6.07 Å². The minimum Gasteiger partial charge on any atom is -0.397 e. The Bertz CT molecular complexity index is 472. The van der Waals surface area contributed by atoms with Gasteiger partial charge in [0.15, 0.2) is 0 Å². The largest absolute Gasteiger partial charge is 0.397 e. The molecular formula is C15H23N3O. The maximum atomic E-state index is 11.1. The summed E-state index contributed by atoms with van der Waals surface area (Å²) < 4.78 is 0. The van der Waals surface area contributed by atoms with E-state index in [4.69, 9.17) is 11.5 Å². The highest BCUT2D eigenvalue weighted by molar-refractivity contribution is 5.94. The molecule has 0 spiro atoms. The van der Waals surface area contributed by atoms with E-state index in [1.54, 1.807) is 12.1 Å². The molecule has 1 saturated carbocycles. The van der Waals surface area contributed by atoms with Crippen LogP contribution < -0.4 is 16.8 Å². The smallest absolute Gasteiger partial charge is 0.248 e. The number of carbonyl (C=O) groups is 1. The summed E-state index contributed by atoms with van der Waals surface area (Å²) in [6, 6.07) is 5.66. The molecule has 4 heteroatoms. The predicted molar refractivity (Wildman–Crippen MR) is 79.0 cm³/mol. The molecule has 104 valence electrons. The van der Waals surface area contributed by atoms with Crippen LogP contribution >= 0.6 is 0 Å². The van der Waals surface area contributed by atoms with Gasteiger partial charge in [0.25, 0.3) is 0 Å². The van der Waals surface area contributed by atoms with Crippen LogP contribution in [0.25, 0.3) is 0 Å². The molecule has 1 aliphatic rings. The average Bonchev–Trinajstić information content (AvgIpc) is 2.34. The van der Waals surface area contributed by atoms with Gasteiger partial charge in [-0.05, 0) is 49.3 Å². The van der Waals surface area contributed by atoms with Crippen molar-refractivity contribution in [2.75, 3.05) is 11.1 Å². The van der Waals surface area contributed by atoms with Crippen molar-refractivity contribution in [2.24, 2.45) is 17.6 Å². The van der Waals surface area contributed by atoms with Crippen molar-refractivity contribution in [3.63, 3.8) is 0 Å². The number of nitrogens with two attached hydrogens (primary N) is 2. The molecule has 0 aromatic heterocycles. The lowest BCUT2D eigenvalue weighted by Crippen LogP contribution is -2.33. The highest BCUT2D eigenvalue weighted by atomic mass is 16.1. The number of amides is 1. The zero-order valence-electron chi connectivity index (χ0n) is 11.6. The molecule has 0 bridgehead atoms. The summed E-state index contributed by atoms with van der Waals surface area (Å²) in [4.78, 5) is 11.1. The van der Waals surface area contributed by atoms with Gasteiger partial charge in [-0.2, -0.15) is 0 Å². The first-order valence-corrected chi connectivity index (χ1v) is 6.93. The fourth-order valence-electron chi connectivity index (χ4n) is 2.93. The first kappa shape index (κ1) is 13.7. The number of primary amides is 1. The van der Waals surface area contributed by atoms with E-state index in [9.17, 15) is 4.79 Å². The minimum absolute atomic E-state index is 0.446.